The van der Waals surface area contributed by atoms with Crippen LogP contribution in [0.4, 0.5) is 13.2 Å². The molecule has 1 fully saturated rings. The summed E-state index contributed by atoms with van der Waals surface area (Å²) in [6.45, 7) is 0. The van der Waals surface area contributed by atoms with Gasteiger partial charge in [0.15, 0.2) is 11.5 Å². The van der Waals surface area contributed by atoms with Gasteiger partial charge in [-0.2, -0.15) is 13.2 Å². The molecule has 0 amide bonds. The monoisotopic (exact) mass is 304 g/mol. The van der Waals surface area contributed by atoms with Crippen LogP contribution in [0, 0.1) is 0 Å². The molecule has 21 heavy (non-hydrogen) atoms. The second-order valence-corrected chi connectivity index (χ2v) is 5.17. The van der Waals surface area contributed by atoms with Gasteiger partial charge in [-0.15, -0.1) is 0 Å². The van der Waals surface area contributed by atoms with Crippen molar-refractivity contribution < 1.29 is 32.9 Å². The molecule has 0 unspecified atom stereocenters. The summed E-state index contributed by atoms with van der Waals surface area (Å²) in [6, 6.07) is 1.90. The zero-order valence-corrected chi connectivity index (χ0v) is 11.3. The molecular formula is C14H15F3O4. The van der Waals surface area contributed by atoms with Crippen LogP contribution in [-0.4, -0.2) is 23.3 Å². The SMILES string of the molecule is COc1cc(C2(C(=O)O)CCCC2)cc(C(F)(F)F)c1O. The number of ether oxygens (including phenoxy) is 1. The zero-order chi connectivity index (χ0) is 15.8. The number of rotatable bonds is 3. The Bertz CT molecular complexity index is 560. The molecule has 0 radical (unpaired) electrons. The minimum absolute atomic E-state index is 0.0227. The van der Waals surface area contributed by atoms with Gasteiger partial charge in [0.1, 0.15) is 5.56 Å². The van der Waals surface area contributed by atoms with E-state index in [9.17, 15) is 28.2 Å². The van der Waals surface area contributed by atoms with Crippen LogP contribution < -0.4 is 4.74 Å². The van der Waals surface area contributed by atoms with Gasteiger partial charge in [-0.05, 0) is 30.5 Å². The molecule has 1 aliphatic rings. The van der Waals surface area contributed by atoms with E-state index in [-0.39, 0.29) is 24.2 Å². The fourth-order valence-corrected chi connectivity index (χ4v) is 2.86. The van der Waals surface area contributed by atoms with E-state index < -0.39 is 28.9 Å². The van der Waals surface area contributed by atoms with Crippen LogP contribution in [0.25, 0.3) is 0 Å². The average Bonchev–Trinajstić information content (AvgIpc) is 2.88. The van der Waals surface area contributed by atoms with Crippen molar-refractivity contribution in [2.75, 3.05) is 7.11 Å². The zero-order valence-electron chi connectivity index (χ0n) is 11.3. The predicted molar refractivity (Wildman–Crippen MR) is 67.4 cm³/mol. The molecule has 4 nitrogen and oxygen atoms in total. The van der Waals surface area contributed by atoms with Gasteiger partial charge in [0.2, 0.25) is 0 Å². The van der Waals surface area contributed by atoms with Crippen molar-refractivity contribution in [3.63, 3.8) is 0 Å². The van der Waals surface area contributed by atoms with Gasteiger partial charge in [0.25, 0.3) is 0 Å². The molecule has 0 atom stereocenters. The van der Waals surface area contributed by atoms with Crippen molar-refractivity contribution in [3.05, 3.63) is 23.3 Å². The number of halogens is 3. The summed E-state index contributed by atoms with van der Waals surface area (Å²) in [5, 5.41) is 19.1. The number of benzene rings is 1. The number of carboxylic acid groups (broad SMARTS) is 1. The quantitative estimate of drug-likeness (QED) is 0.899. The molecule has 0 spiro atoms. The molecule has 0 aliphatic heterocycles. The smallest absolute Gasteiger partial charge is 0.420 e. The highest BCUT2D eigenvalue weighted by molar-refractivity contribution is 5.82. The number of phenolic OH excluding ortho intramolecular Hbond substituents is 1. The third-order valence-electron chi connectivity index (χ3n) is 4.02. The maximum Gasteiger partial charge on any atom is 0.420 e. The minimum Gasteiger partial charge on any atom is -0.504 e. The summed E-state index contributed by atoms with van der Waals surface area (Å²) < 4.78 is 43.7. The lowest BCUT2D eigenvalue weighted by Crippen LogP contribution is -2.33. The fourth-order valence-electron chi connectivity index (χ4n) is 2.86. The Hall–Kier alpha value is -1.92. The Morgan fingerprint density at radius 2 is 1.86 bits per heavy atom. The highest BCUT2D eigenvalue weighted by Gasteiger charge is 2.45. The topological polar surface area (TPSA) is 66.8 Å². The van der Waals surface area contributed by atoms with Crippen LogP contribution in [0.3, 0.4) is 0 Å². The molecule has 116 valence electrons. The highest BCUT2D eigenvalue weighted by Crippen LogP contribution is 2.48. The molecule has 0 saturated heterocycles. The van der Waals surface area contributed by atoms with Gasteiger partial charge in [0, 0.05) is 0 Å². The number of phenols is 1. The molecule has 1 aromatic carbocycles. The van der Waals surface area contributed by atoms with Crippen LogP contribution in [0.5, 0.6) is 11.5 Å². The van der Waals surface area contributed by atoms with Crippen LogP contribution in [0.2, 0.25) is 0 Å². The van der Waals surface area contributed by atoms with E-state index >= 15 is 0 Å². The molecule has 0 bridgehead atoms. The first-order chi connectivity index (χ1) is 9.72. The molecular weight excluding hydrogens is 289 g/mol. The Morgan fingerprint density at radius 3 is 2.29 bits per heavy atom. The van der Waals surface area contributed by atoms with Crippen LogP contribution >= 0.6 is 0 Å². The summed E-state index contributed by atoms with van der Waals surface area (Å²) in [6.07, 6.45) is -2.97. The van der Waals surface area contributed by atoms with Gasteiger partial charge in [-0.3, -0.25) is 4.79 Å². The lowest BCUT2D eigenvalue weighted by molar-refractivity contribution is -0.144. The minimum atomic E-state index is -4.79. The van der Waals surface area contributed by atoms with Gasteiger partial charge >= 0.3 is 12.1 Å². The number of hydrogen-bond donors (Lipinski definition) is 2. The molecule has 1 aliphatic carbocycles. The summed E-state index contributed by atoms with van der Waals surface area (Å²) in [7, 11) is 1.13. The number of alkyl halides is 3. The second kappa shape index (κ2) is 5.13. The van der Waals surface area contributed by atoms with Crippen molar-refractivity contribution in [2.45, 2.75) is 37.3 Å². The summed E-state index contributed by atoms with van der Waals surface area (Å²) in [5.74, 6) is -2.54. The second-order valence-electron chi connectivity index (χ2n) is 5.17. The van der Waals surface area contributed by atoms with E-state index in [4.69, 9.17) is 4.74 Å². The van der Waals surface area contributed by atoms with Crippen molar-refractivity contribution >= 4 is 5.97 Å². The largest absolute Gasteiger partial charge is 0.504 e. The van der Waals surface area contributed by atoms with E-state index in [1.807, 2.05) is 0 Å². The number of methoxy groups -OCH3 is 1. The number of carboxylic acids is 1. The third kappa shape index (κ3) is 2.52. The summed E-state index contributed by atoms with van der Waals surface area (Å²) in [4.78, 5) is 11.6. The molecule has 0 heterocycles. The molecule has 7 heteroatoms. The number of aliphatic carboxylic acids is 1. The van der Waals surface area contributed by atoms with E-state index in [0.29, 0.717) is 12.8 Å². The average molecular weight is 304 g/mol. The van der Waals surface area contributed by atoms with Gasteiger partial charge in [-0.25, -0.2) is 0 Å². The Labute approximate surface area is 119 Å². The number of hydrogen-bond acceptors (Lipinski definition) is 3. The van der Waals surface area contributed by atoms with Crippen molar-refractivity contribution in [1.29, 1.82) is 0 Å². The molecule has 2 N–H and O–H groups in total. The Morgan fingerprint density at radius 1 is 1.29 bits per heavy atom. The van der Waals surface area contributed by atoms with Gasteiger partial charge in [0.05, 0.1) is 12.5 Å². The molecule has 2 rings (SSSR count). The normalized spacial score (nSPS) is 17.7. The van der Waals surface area contributed by atoms with Gasteiger partial charge < -0.3 is 14.9 Å². The molecule has 1 saturated carbocycles. The van der Waals surface area contributed by atoms with Crippen LogP contribution in [-0.2, 0) is 16.4 Å². The Kier molecular flexibility index (Phi) is 3.78. The fraction of sp³-hybridized carbons (Fsp3) is 0.500. The predicted octanol–water partition coefficient (Wildman–Crippen LogP) is 3.32. The standard InChI is InChI=1S/C14H15F3O4/c1-21-10-7-8(6-9(11(10)18)14(15,16)17)13(12(19)20)4-2-3-5-13/h6-7,18H,2-5H2,1H3,(H,19,20). The lowest BCUT2D eigenvalue weighted by atomic mass is 9.78. The van der Waals surface area contributed by atoms with E-state index in [0.717, 1.165) is 13.2 Å². The lowest BCUT2D eigenvalue weighted by Gasteiger charge is -2.26. The maximum absolute atomic E-state index is 13.0. The van der Waals surface area contributed by atoms with Crippen LogP contribution in [0.15, 0.2) is 12.1 Å². The number of aromatic hydroxyl groups is 1. The van der Waals surface area contributed by atoms with Gasteiger partial charge in [-0.1, -0.05) is 12.8 Å². The number of carbonyl (C=O) groups is 1. The first-order valence-corrected chi connectivity index (χ1v) is 6.44. The summed E-state index contributed by atoms with van der Waals surface area (Å²) >= 11 is 0. The Balaban J connectivity index is 2.67. The van der Waals surface area contributed by atoms with E-state index in [2.05, 4.69) is 0 Å². The first kappa shape index (κ1) is 15.5. The maximum atomic E-state index is 13.0. The molecule has 1 aromatic rings. The summed E-state index contributed by atoms with van der Waals surface area (Å²) in [5.41, 5.74) is -2.60. The van der Waals surface area contributed by atoms with Crippen molar-refractivity contribution in [1.82, 2.24) is 0 Å². The molecule has 0 aromatic heterocycles. The highest BCUT2D eigenvalue weighted by atomic mass is 19.4. The first-order valence-electron chi connectivity index (χ1n) is 6.44. The van der Waals surface area contributed by atoms with Crippen molar-refractivity contribution in [3.8, 4) is 11.5 Å². The third-order valence-corrected chi connectivity index (χ3v) is 4.02. The van der Waals surface area contributed by atoms with E-state index in [1.165, 1.54) is 6.07 Å². The van der Waals surface area contributed by atoms with E-state index in [1.54, 1.807) is 0 Å². The van der Waals surface area contributed by atoms with Crippen LogP contribution in [0.1, 0.15) is 36.8 Å². The van der Waals surface area contributed by atoms with Crippen molar-refractivity contribution in [2.24, 2.45) is 0 Å².